The molecule has 3 heterocycles. The van der Waals surface area contributed by atoms with Crippen molar-refractivity contribution in [2.75, 3.05) is 19.8 Å². The number of fused-ring (bicyclic) bond motifs is 1. The van der Waals surface area contributed by atoms with Crippen molar-refractivity contribution in [3.05, 3.63) is 33.5 Å². The van der Waals surface area contributed by atoms with E-state index in [0.717, 1.165) is 38.4 Å². The summed E-state index contributed by atoms with van der Waals surface area (Å²) in [7, 11) is 2.03. The predicted octanol–water partition coefficient (Wildman–Crippen LogP) is 2.95. The average molecular weight is 420 g/mol. The van der Waals surface area contributed by atoms with E-state index >= 15 is 0 Å². The molecule has 0 amide bonds. The lowest BCUT2D eigenvalue weighted by Crippen LogP contribution is -2.38. The highest BCUT2D eigenvalue weighted by Crippen LogP contribution is 2.31. The number of aryl methyl sites for hydroxylation is 2. The number of hydrogen-bond donors (Lipinski definition) is 1. The summed E-state index contributed by atoms with van der Waals surface area (Å²) in [6.07, 6.45) is -2.02. The zero-order chi connectivity index (χ0) is 20.9. The number of aliphatic carboxylic acids is 1. The number of carbonyl (C=O) groups is 1. The topological polar surface area (TPSA) is 80.5 Å². The summed E-state index contributed by atoms with van der Waals surface area (Å²) in [5, 5.41) is 11.6. The zero-order valence-corrected chi connectivity index (χ0v) is 16.7. The number of alkyl halides is 3. The molecular formula is C17H23F3N4O3S. The van der Waals surface area contributed by atoms with Gasteiger partial charge in [0.05, 0.1) is 35.7 Å². The number of nitrogens with zero attached hydrogens (tertiary/aromatic N) is 4. The Balaban J connectivity index is 0.000000345. The first-order valence-electron chi connectivity index (χ1n) is 8.66. The van der Waals surface area contributed by atoms with E-state index in [2.05, 4.69) is 21.9 Å². The van der Waals surface area contributed by atoms with Gasteiger partial charge in [0, 0.05) is 31.6 Å². The molecule has 0 aromatic carbocycles. The van der Waals surface area contributed by atoms with Crippen molar-refractivity contribution in [1.29, 1.82) is 0 Å². The molecule has 1 atom stereocenters. The summed E-state index contributed by atoms with van der Waals surface area (Å²) >= 11 is 1.74. The highest BCUT2D eigenvalue weighted by Gasteiger charge is 2.38. The van der Waals surface area contributed by atoms with Gasteiger partial charge in [-0.2, -0.15) is 18.3 Å². The van der Waals surface area contributed by atoms with E-state index in [-0.39, 0.29) is 6.04 Å². The average Bonchev–Trinajstić information content (AvgIpc) is 3.20. The lowest BCUT2D eigenvalue weighted by atomic mass is 10.00. The maximum Gasteiger partial charge on any atom is 0.490 e. The lowest BCUT2D eigenvalue weighted by Gasteiger charge is -2.35. The van der Waals surface area contributed by atoms with Gasteiger partial charge in [-0.25, -0.2) is 9.78 Å². The monoisotopic (exact) mass is 420 g/mol. The van der Waals surface area contributed by atoms with Gasteiger partial charge in [-0.3, -0.25) is 9.58 Å². The van der Waals surface area contributed by atoms with Crippen molar-refractivity contribution < 1.29 is 27.8 Å². The third kappa shape index (κ3) is 5.52. The van der Waals surface area contributed by atoms with Gasteiger partial charge in [0.2, 0.25) is 0 Å². The van der Waals surface area contributed by atoms with E-state index in [1.807, 2.05) is 30.4 Å². The first-order chi connectivity index (χ1) is 13.1. The van der Waals surface area contributed by atoms with Crippen LogP contribution >= 0.6 is 11.3 Å². The fourth-order valence-corrected chi connectivity index (χ4v) is 3.77. The highest BCUT2D eigenvalue weighted by atomic mass is 32.1. The molecule has 1 aliphatic heterocycles. The molecule has 0 fully saturated rings. The van der Waals surface area contributed by atoms with E-state index < -0.39 is 12.1 Å². The second-order valence-corrected chi connectivity index (χ2v) is 7.18. The minimum atomic E-state index is -5.08. The molecule has 3 rings (SSSR count). The van der Waals surface area contributed by atoms with Crippen LogP contribution in [0.5, 0.6) is 0 Å². The van der Waals surface area contributed by atoms with Crippen molar-refractivity contribution in [2.45, 2.75) is 39.0 Å². The molecule has 1 unspecified atom stereocenters. The van der Waals surface area contributed by atoms with Crippen LogP contribution in [0.15, 0.2) is 11.7 Å². The normalized spacial score (nSPS) is 17.0. The maximum absolute atomic E-state index is 10.6. The molecule has 0 radical (unpaired) electrons. The molecule has 0 bridgehead atoms. The molecule has 1 aliphatic rings. The summed E-state index contributed by atoms with van der Waals surface area (Å²) in [6.45, 7) is 7.60. The number of carboxylic acids is 1. The number of hydrogen-bond acceptors (Lipinski definition) is 6. The van der Waals surface area contributed by atoms with Gasteiger partial charge >= 0.3 is 12.1 Å². The van der Waals surface area contributed by atoms with E-state index in [9.17, 15) is 13.2 Å². The number of thiazole rings is 1. The van der Waals surface area contributed by atoms with Gasteiger partial charge in [-0.15, -0.1) is 11.3 Å². The molecule has 2 aromatic rings. The number of ether oxygens (including phenoxy) is 1. The second kappa shape index (κ2) is 9.48. The van der Waals surface area contributed by atoms with Crippen molar-refractivity contribution >= 4 is 17.3 Å². The van der Waals surface area contributed by atoms with Gasteiger partial charge in [0.25, 0.3) is 0 Å². The highest BCUT2D eigenvalue weighted by molar-refractivity contribution is 7.09. The molecule has 2 aromatic heterocycles. The molecule has 0 saturated carbocycles. The Morgan fingerprint density at radius 2 is 2.14 bits per heavy atom. The molecule has 7 nitrogen and oxygen atoms in total. The van der Waals surface area contributed by atoms with E-state index in [4.69, 9.17) is 14.6 Å². The Labute approximate surface area is 164 Å². The van der Waals surface area contributed by atoms with Crippen molar-refractivity contribution in [1.82, 2.24) is 19.7 Å². The number of carboxylic acid groups (broad SMARTS) is 1. The van der Waals surface area contributed by atoms with Crippen molar-refractivity contribution in [3.63, 3.8) is 0 Å². The largest absolute Gasteiger partial charge is 0.490 e. The molecule has 0 spiro atoms. The SMILES string of the molecule is CCOCC1c2c(cnn2C)CCN1Cc1scnc1C.O=C(O)C(F)(F)F. The Morgan fingerprint density at radius 3 is 2.68 bits per heavy atom. The van der Waals surface area contributed by atoms with Crippen LogP contribution in [0, 0.1) is 6.92 Å². The summed E-state index contributed by atoms with van der Waals surface area (Å²) in [6, 6.07) is 0.280. The minimum absolute atomic E-state index is 0.280. The van der Waals surface area contributed by atoms with Crippen LogP contribution in [-0.2, 0) is 29.5 Å². The molecule has 156 valence electrons. The molecule has 0 saturated heterocycles. The summed E-state index contributed by atoms with van der Waals surface area (Å²) in [5.74, 6) is -2.76. The van der Waals surface area contributed by atoms with Crippen LogP contribution in [-0.4, -0.2) is 56.7 Å². The standard InChI is InChI=1S/C15H22N4OS.C2HF3O2/c1-4-20-9-13-15-12(7-17-18(15)3)5-6-19(13)8-14-11(2)16-10-21-14;3-2(4,5)1(6)7/h7,10,13H,4-6,8-9H2,1-3H3;(H,6,7). The quantitative estimate of drug-likeness (QED) is 0.801. The first-order valence-corrected chi connectivity index (χ1v) is 9.54. The Hall–Kier alpha value is -1.98. The minimum Gasteiger partial charge on any atom is -0.475 e. The van der Waals surface area contributed by atoms with E-state index in [1.165, 1.54) is 16.1 Å². The van der Waals surface area contributed by atoms with Crippen LogP contribution in [0.3, 0.4) is 0 Å². The smallest absolute Gasteiger partial charge is 0.475 e. The zero-order valence-electron chi connectivity index (χ0n) is 15.9. The molecule has 28 heavy (non-hydrogen) atoms. The summed E-state index contributed by atoms with van der Waals surface area (Å²) in [4.78, 5) is 17.1. The maximum atomic E-state index is 10.6. The molecular weight excluding hydrogens is 397 g/mol. The first kappa shape index (κ1) is 22.3. The van der Waals surface area contributed by atoms with Gasteiger partial charge < -0.3 is 9.84 Å². The van der Waals surface area contributed by atoms with Gasteiger partial charge in [0.15, 0.2) is 0 Å². The van der Waals surface area contributed by atoms with Crippen LogP contribution in [0.25, 0.3) is 0 Å². The fourth-order valence-electron chi connectivity index (χ4n) is 2.97. The van der Waals surface area contributed by atoms with Gasteiger partial charge in [-0.1, -0.05) is 0 Å². The Bertz CT molecular complexity index is 791. The number of aromatic nitrogens is 3. The number of rotatable bonds is 5. The van der Waals surface area contributed by atoms with Crippen LogP contribution in [0.2, 0.25) is 0 Å². The summed E-state index contributed by atoms with van der Waals surface area (Å²) in [5.41, 5.74) is 5.74. The van der Waals surface area contributed by atoms with Crippen molar-refractivity contribution in [2.24, 2.45) is 7.05 Å². The lowest BCUT2D eigenvalue weighted by molar-refractivity contribution is -0.192. The van der Waals surface area contributed by atoms with Gasteiger partial charge in [0.1, 0.15) is 0 Å². The third-order valence-electron chi connectivity index (χ3n) is 4.40. The Morgan fingerprint density at radius 1 is 1.46 bits per heavy atom. The van der Waals surface area contributed by atoms with Crippen LogP contribution in [0.4, 0.5) is 13.2 Å². The predicted molar refractivity (Wildman–Crippen MR) is 97.1 cm³/mol. The second-order valence-electron chi connectivity index (χ2n) is 6.24. The van der Waals surface area contributed by atoms with Crippen LogP contribution < -0.4 is 0 Å². The Kier molecular flexibility index (Phi) is 7.55. The van der Waals surface area contributed by atoms with Crippen molar-refractivity contribution in [3.8, 4) is 0 Å². The van der Waals surface area contributed by atoms with E-state index in [1.54, 1.807) is 11.3 Å². The fraction of sp³-hybridized carbons (Fsp3) is 0.588. The number of halogens is 3. The third-order valence-corrected chi connectivity index (χ3v) is 5.32. The molecule has 1 N–H and O–H groups in total. The molecule has 11 heteroatoms. The van der Waals surface area contributed by atoms with Crippen LogP contribution in [0.1, 0.15) is 34.8 Å². The summed E-state index contributed by atoms with van der Waals surface area (Å²) < 4.78 is 39.5. The van der Waals surface area contributed by atoms with E-state index in [0.29, 0.717) is 0 Å². The molecule has 0 aliphatic carbocycles. The van der Waals surface area contributed by atoms with Gasteiger partial charge in [-0.05, 0) is 25.8 Å².